The fourth-order valence-electron chi connectivity index (χ4n) is 3.68. The molecule has 0 spiro atoms. The maximum atomic E-state index is 11.5. The number of nitrogens with zero attached hydrogens (tertiary/aromatic N) is 4. The van der Waals surface area contributed by atoms with Crippen LogP contribution in [0.3, 0.4) is 0 Å². The van der Waals surface area contributed by atoms with Crippen molar-refractivity contribution in [2.75, 3.05) is 0 Å². The summed E-state index contributed by atoms with van der Waals surface area (Å²) in [6.07, 6.45) is 0. The molecular weight excluding hydrogens is 456 g/mol. The topological polar surface area (TPSA) is 72.8 Å². The minimum absolute atomic E-state index is 0.0845. The van der Waals surface area contributed by atoms with E-state index in [1.165, 1.54) is 22.5 Å². The van der Waals surface area contributed by atoms with Crippen LogP contribution < -0.4 is 4.80 Å². The molecule has 6 nitrogen and oxygen atoms in total. The Morgan fingerprint density at radius 2 is 1.69 bits per heavy atom. The van der Waals surface area contributed by atoms with E-state index in [9.17, 15) is 10.1 Å². The minimum Gasteiger partial charge on any atom is -0.258 e. The number of rotatable bonds is 6. The smallest absolute Gasteiger partial charge is 0.258 e. The summed E-state index contributed by atoms with van der Waals surface area (Å²) in [7, 11) is 0. The van der Waals surface area contributed by atoms with Gasteiger partial charge in [-0.15, -0.1) is 11.3 Å². The Labute approximate surface area is 209 Å². The molecule has 0 amide bonds. The number of hydrogen-bond acceptors (Lipinski definition) is 5. The monoisotopic (exact) mass is 484 g/mol. The van der Waals surface area contributed by atoms with Crippen LogP contribution in [-0.2, 0) is 0 Å². The first-order valence-corrected chi connectivity index (χ1v) is 12.3. The third-order valence-corrected chi connectivity index (χ3v) is 6.71. The van der Waals surface area contributed by atoms with E-state index in [1.54, 1.807) is 19.1 Å². The minimum atomic E-state index is -0.358. The molecule has 0 N–H and O–H groups in total. The average Bonchev–Trinajstić information content (AvgIpc) is 3.21. The van der Waals surface area contributed by atoms with Crippen molar-refractivity contribution in [3.8, 4) is 11.3 Å². The molecule has 1 aromatic heterocycles. The van der Waals surface area contributed by atoms with Crippen molar-refractivity contribution in [3.63, 3.8) is 0 Å². The Balaban J connectivity index is 1.86. The highest BCUT2D eigenvalue weighted by atomic mass is 32.1. The summed E-state index contributed by atoms with van der Waals surface area (Å²) in [5.41, 5.74) is 7.29. The Morgan fingerprint density at radius 1 is 1.00 bits per heavy atom. The summed E-state index contributed by atoms with van der Waals surface area (Å²) < 4.78 is 1.83. The van der Waals surface area contributed by atoms with Gasteiger partial charge in [0.25, 0.3) is 5.69 Å². The van der Waals surface area contributed by atoms with Crippen molar-refractivity contribution in [1.82, 2.24) is 4.68 Å². The van der Waals surface area contributed by atoms with Crippen LogP contribution in [0.25, 0.3) is 11.3 Å². The van der Waals surface area contributed by atoms with E-state index >= 15 is 0 Å². The molecular formula is C28H28N4O2S. The molecule has 0 aliphatic heterocycles. The number of hydrogen-bond donors (Lipinski definition) is 0. The van der Waals surface area contributed by atoms with E-state index in [-0.39, 0.29) is 10.6 Å². The maximum Gasteiger partial charge on any atom is 0.272 e. The number of aryl methyl sites for hydroxylation is 2. The summed E-state index contributed by atoms with van der Waals surface area (Å²) in [5.74, 6) is 0.453. The van der Waals surface area contributed by atoms with E-state index < -0.39 is 0 Å². The Hall–Kier alpha value is -3.84. The lowest BCUT2D eigenvalue weighted by Gasteiger charge is -2.08. The number of aromatic nitrogens is 1. The summed E-state index contributed by atoms with van der Waals surface area (Å²) in [6, 6.07) is 21.7. The first kappa shape index (κ1) is 24.3. The molecule has 0 saturated heterocycles. The van der Waals surface area contributed by atoms with Crippen LogP contribution in [0.15, 0.2) is 82.2 Å². The lowest BCUT2D eigenvalue weighted by atomic mass is 10.0. The van der Waals surface area contributed by atoms with Gasteiger partial charge in [0.2, 0.25) is 4.80 Å². The summed E-state index contributed by atoms with van der Waals surface area (Å²) in [6.45, 7) is 9.98. The molecule has 4 aromatic rings. The molecule has 0 atom stereocenters. The van der Waals surface area contributed by atoms with Crippen molar-refractivity contribution in [2.24, 2.45) is 10.1 Å². The Morgan fingerprint density at radius 3 is 2.31 bits per heavy atom. The molecule has 0 fully saturated rings. The molecule has 4 rings (SSSR count). The summed E-state index contributed by atoms with van der Waals surface area (Å²) in [4.78, 5) is 16.7. The standard InChI is InChI=1S/C28H28N4O2S/c1-18(2)22-12-14-25(15-13-22)29-28-31(27(17-35-28)23-9-6-19(3)7-10-23)30-21(5)24-11-8-20(4)26(16-24)32(33)34/h6-18H,1-5H3. The molecule has 0 aliphatic rings. The zero-order valence-electron chi connectivity index (χ0n) is 20.5. The predicted molar refractivity (Wildman–Crippen MR) is 144 cm³/mol. The van der Waals surface area contributed by atoms with Gasteiger partial charge in [-0.05, 0) is 44.4 Å². The summed E-state index contributed by atoms with van der Waals surface area (Å²) in [5, 5.41) is 18.4. The van der Waals surface area contributed by atoms with Gasteiger partial charge in [0, 0.05) is 28.1 Å². The second-order valence-electron chi connectivity index (χ2n) is 8.88. The first-order valence-electron chi connectivity index (χ1n) is 11.5. The molecule has 0 saturated carbocycles. The van der Waals surface area contributed by atoms with Gasteiger partial charge >= 0.3 is 0 Å². The highest BCUT2D eigenvalue weighted by Crippen LogP contribution is 2.24. The highest BCUT2D eigenvalue weighted by Gasteiger charge is 2.14. The average molecular weight is 485 g/mol. The SMILES string of the molecule is CC(=Nn1c(-c2ccc(C)cc2)csc1=Nc1ccc(C(C)C)cc1)c1ccc(C)c([N+](=O)[O-])c1. The Bertz CT molecular complexity index is 1460. The lowest BCUT2D eigenvalue weighted by Crippen LogP contribution is -2.14. The van der Waals surface area contributed by atoms with Crippen LogP contribution in [0.5, 0.6) is 0 Å². The van der Waals surface area contributed by atoms with Gasteiger partial charge in [0.15, 0.2) is 0 Å². The van der Waals surface area contributed by atoms with E-state index in [0.29, 0.717) is 22.8 Å². The van der Waals surface area contributed by atoms with Gasteiger partial charge in [-0.1, -0.05) is 67.9 Å². The zero-order chi connectivity index (χ0) is 25.1. The molecule has 0 bridgehead atoms. The van der Waals surface area contributed by atoms with Crippen LogP contribution in [0, 0.1) is 24.0 Å². The third kappa shape index (κ3) is 5.46. The normalized spacial score (nSPS) is 12.4. The van der Waals surface area contributed by atoms with Crippen LogP contribution in [0.1, 0.15) is 48.9 Å². The summed E-state index contributed by atoms with van der Waals surface area (Å²) >= 11 is 1.51. The zero-order valence-corrected chi connectivity index (χ0v) is 21.3. The van der Waals surface area contributed by atoms with Gasteiger partial charge < -0.3 is 0 Å². The third-order valence-electron chi connectivity index (χ3n) is 5.89. The van der Waals surface area contributed by atoms with E-state index in [0.717, 1.165) is 21.7 Å². The van der Waals surface area contributed by atoms with E-state index in [1.807, 2.05) is 35.2 Å². The number of benzene rings is 3. The Kier molecular flexibility index (Phi) is 7.07. The quantitative estimate of drug-likeness (QED) is 0.163. The molecule has 0 aliphatic carbocycles. The fraction of sp³-hybridized carbons (Fsp3) is 0.214. The van der Waals surface area contributed by atoms with Crippen molar-refractivity contribution < 1.29 is 4.92 Å². The molecule has 35 heavy (non-hydrogen) atoms. The van der Waals surface area contributed by atoms with Crippen LogP contribution in [0.4, 0.5) is 11.4 Å². The van der Waals surface area contributed by atoms with Gasteiger partial charge in [-0.25, -0.2) is 9.67 Å². The molecule has 178 valence electrons. The van der Waals surface area contributed by atoms with Gasteiger partial charge in [-0.2, -0.15) is 5.10 Å². The number of thiazole rings is 1. The second-order valence-corrected chi connectivity index (χ2v) is 9.72. The molecule has 7 heteroatoms. The molecule has 0 unspecified atom stereocenters. The number of nitro groups is 1. The van der Waals surface area contributed by atoms with E-state index in [2.05, 4.69) is 57.2 Å². The maximum absolute atomic E-state index is 11.5. The van der Waals surface area contributed by atoms with Crippen LogP contribution in [-0.4, -0.2) is 15.3 Å². The second kappa shape index (κ2) is 10.2. The molecule has 3 aromatic carbocycles. The van der Waals surface area contributed by atoms with Gasteiger partial charge in [-0.3, -0.25) is 10.1 Å². The predicted octanol–water partition coefficient (Wildman–Crippen LogP) is 7.37. The lowest BCUT2D eigenvalue weighted by molar-refractivity contribution is -0.385. The fourth-order valence-corrected chi connectivity index (χ4v) is 4.53. The van der Waals surface area contributed by atoms with E-state index in [4.69, 9.17) is 10.1 Å². The van der Waals surface area contributed by atoms with Gasteiger partial charge in [0.05, 0.1) is 22.0 Å². The van der Waals surface area contributed by atoms with Crippen molar-refractivity contribution in [1.29, 1.82) is 0 Å². The molecule has 0 radical (unpaired) electrons. The highest BCUT2D eigenvalue weighted by molar-refractivity contribution is 7.07. The molecule has 1 heterocycles. The number of nitro benzene ring substituents is 1. The first-order chi connectivity index (χ1) is 16.7. The van der Waals surface area contributed by atoms with Crippen molar-refractivity contribution in [2.45, 2.75) is 40.5 Å². The van der Waals surface area contributed by atoms with Gasteiger partial charge in [0.1, 0.15) is 0 Å². The van der Waals surface area contributed by atoms with Crippen molar-refractivity contribution in [3.05, 3.63) is 109 Å². The van der Waals surface area contributed by atoms with Crippen LogP contribution in [0.2, 0.25) is 0 Å². The largest absolute Gasteiger partial charge is 0.272 e. The van der Waals surface area contributed by atoms with Crippen LogP contribution >= 0.6 is 11.3 Å². The van der Waals surface area contributed by atoms with Crippen molar-refractivity contribution >= 4 is 28.4 Å².